The summed E-state index contributed by atoms with van der Waals surface area (Å²) >= 11 is 5.84. The molecule has 0 aliphatic rings. The van der Waals surface area contributed by atoms with Crippen molar-refractivity contribution >= 4 is 40.0 Å². The third-order valence-corrected chi connectivity index (χ3v) is 4.27. The van der Waals surface area contributed by atoms with Crippen LogP contribution < -0.4 is 10.6 Å². The summed E-state index contributed by atoms with van der Waals surface area (Å²) < 4.78 is 1.90. The highest BCUT2D eigenvalue weighted by Crippen LogP contribution is 2.25. The van der Waals surface area contributed by atoms with Gasteiger partial charge in [0.1, 0.15) is 0 Å². The van der Waals surface area contributed by atoms with Gasteiger partial charge in [0.25, 0.3) is 0 Å². The number of hydrogen-bond acceptors (Lipinski definition) is 3. The van der Waals surface area contributed by atoms with Gasteiger partial charge in [-0.2, -0.15) is 0 Å². The van der Waals surface area contributed by atoms with Gasteiger partial charge in [-0.3, -0.25) is 9.59 Å². The first kappa shape index (κ1) is 18.0. The average Bonchev–Trinajstić information content (AvgIpc) is 2.96. The molecule has 0 saturated carbocycles. The van der Waals surface area contributed by atoms with Gasteiger partial charge in [-0.25, -0.2) is 0 Å². The highest BCUT2D eigenvalue weighted by molar-refractivity contribution is 6.39. The van der Waals surface area contributed by atoms with E-state index in [0.717, 1.165) is 10.9 Å². The molecule has 3 N–H and O–H groups in total. The second-order valence-electron chi connectivity index (χ2n) is 5.90. The summed E-state index contributed by atoms with van der Waals surface area (Å²) in [6.45, 7) is -0.0736. The first-order valence-corrected chi connectivity index (χ1v) is 8.40. The normalized spacial score (nSPS) is 12.0. The number of carbonyl (C=O) groups excluding carboxylic acids is 2. The number of nitrogens with zero attached hydrogens (tertiary/aromatic N) is 1. The molecule has 0 bridgehead atoms. The van der Waals surface area contributed by atoms with Gasteiger partial charge in [0.2, 0.25) is 0 Å². The van der Waals surface area contributed by atoms with E-state index >= 15 is 0 Å². The number of halogens is 1. The van der Waals surface area contributed by atoms with Gasteiger partial charge in [-0.05, 0) is 24.3 Å². The molecule has 2 aromatic carbocycles. The number of fused-ring (bicyclic) bond motifs is 1. The smallest absolute Gasteiger partial charge is 0.313 e. The number of rotatable bonds is 4. The van der Waals surface area contributed by atoms with Crippen molar-refractivity contribution in [1.29, 1.82) is 0 Å². The van der Waals surface area contributed by atoms with Crippen LogP contribution in [-0.4, -0.2) is 28.0 Å². The van der Waals surface area contributed by atoms with Crippen molar-refractivity contribution in [2.75, 3.05) is 11.9 Å². The number of aliphatic hydroxyl groups is 1. The molecule has 0 fully saturated rings. The zero-order valence-corrected chi connectivity index (χ0v) is 14.8. The molecular weight excluding hydrogens is 354 g/mol. The minimum Gasteiger partial charge on any atom is -0.386 e. The van der Waals surface area contributed by atoms with Gasteiger partial charge in [0, 0.05) is 47.0 Å². The molecule has 1 aromatic heterocycles. The Morgan fingerprint density at radius 3 is 2.69 bits per heavy atom. The van der Waals surface area contributed by atoms with Crippen LogP contribution in [0, 0.1) is 0 Å². The maximum Gasteiger partial charge on any atom is 0.313 e. The zero-order chi connectivity index (χ0) is 18.7. The zero-order valence-electron chi connectivity index (χ0n) is 14.1. The van der Waals surface area contributed by atoms with E-state index in [4.69, 9.17) is 11.6 Å². The molecule has 3 rings (SSSR count). The summed E-state index contributed by atoms with van der Waals surface area (Å²) in [6.07, 6.45) is 0.886. The highest BCUT2D eigenvalue weighted by Gasteiger charge is 2.18. The van der Waals surface area contributed by atoms with E-state index in [1.165, 1.54) is 6.07 Å². The van der Waals surface area contributed by atoms with Crippen molar-refractivity contribution < 1.29 is 14.7 Å². The number of aryl methyl sites for hydroxylation is 1. The number of carbonyl (C=O) groups is 2. The first-order valence-electron chi connectivity index (χ1n) is 8.02. The Bertz CT molecular complexity index is 968. The SMILES string of the molecule is Cn1cc(C(O)CNC(=O)C(=O)Nc2cccc(Cl)c2)c2ccccc21. The molecule has 1 heterocycles. The van der Waals surface area contributed by atoms with Crippen molar-refractivity contribution in [3.05, 3.63) is 65.3 Å². The van der Waals surface area contributed by atoms with E-state index in [0.29, 0.717) is 16.3 Å². The maximum absolute atomic E-state index is 12.0. The molecule has 1 unspecified atom stereocenters. The number of para-hydroxylation sites is 1. The Labute approximate surface area is 155 Å². The lowest BCUT2D eigenvalue weighted by Gasteiger charge is -2.11. The Kier molecular flexibility index (Phi) is 5.25. The number of hydrogen-bond donors (Lipinski definition) is 3. The van der Waals surface area contributed by atoms with Crippen molar-refractivity contribution in [3.63, 3.8) is 0 Å². The van der Waals surface area contributed by atoms with Crippen molar-refractivity contribution in [2.45, 2.75) is 6.10 Å². The standard InChI is InChI=1S/C19H18ClN3O3/c1-23-11-15(14-7-2-3-8-16(14)23)17(24)10-21-18(25)19(26)22-13-6-4-5-12(20)9-13/h2-9,11,17,24H,10H2,1H3,(H,21,25)(H,22,26). The third-order valence-electron chi connectivity index (χ3n) is 4.03. The van der Waals surface area contributed by atoms with Crippen LogP contribution in [0.2, 0.25) is 5.02 Å². The number of aromatic nitrogens is 1. The predicted octanol–water partition coefficient (Wildman–Crippen LogP) is 2.62. The molecule has 6 nitrogen and oxygen atoms in total. The Balaban J connectivity index is 1.62. The van der Waals surface area contributed by atoms with E-state index in [1.54, 1.807) is 18.2 Å². The van der Waals surface area contributed by atoms with Crippen LogP contribution in [0.4, 0.5) is 5.69 Å². The van der Waals surface area contributed by atoms with Crippen molar-refractivity contribution in [1.82, 2.24) is 9.88 Å². The fraction of sp³-hybridized carbons (Fsp3) is 0.158. The summed E-state index contributed by atoms with van der Waals surface area (Å²) in [5.74, 6) is -1.65. The largest absolute Gasteiger partial charge is 0.386 e. The number of nitrogens with one attached hydrogen (secondary N) is 2. The van der Waals surface area contributed by atoms with Crippen LogP contribution >= 0.6 is 11.6 Å². The minimum atomic E-state index is -0.927. The van der Waals surface area contributed by atoms with E-state index < -0.39 is 17.9 Å². The summed E-state index contributed by atoms with van der Waals surface area (Å²) in [7, 11) is 1.88. The molecule has 0 spiro atoms. The second kappa shape index (κ2) is 7.59. The summed E-state index contributed by atoms with van der Waals surface area (Å²) in [4.78, 5) is 23.9. The highest BCUT2D eigenvalue weighted by atomic mass is 35.5. The molecule has 0 radical (unpaired) electrons. The van der Waals surface area contributed by atoms with Crippen molar-refractivity contribution in [3.8, 4) is 0 Å². The third kappa shape index (κ3) is 3.87. The van der Waals surface area contributed by atoms with Crippen LogP contribution in [-0.2, 0) is 16.6 Å². The lowest BCUT2D eigenvalue weighted by molar-refractivity contribution is -0.136. The number of anilines is 1. The van der Waals surface area contributed by atoms with E-state index in [-0.39, 0.29) is 6.54 Å². The topological polar surface area (TPSA) is 83.4 Å². The van der Waals surface area contributed by atoms with Crippen molar-refractivity contribution in [2.24, 2.45) is 7.05 Å². The first-order chi connectivity index (χ1) is 12.5. The van der Waals surface area contributed by atoms with E-state index in [1.807, 2.05) is 42.1 Å². The molecule has 0 aliphatic carbocycles. The molecule has 0 saturated heterocycles. The van der Waals surface area contributed by atoms with Gasteiger partial charge < -0.3 is 20.3 Å². The predicted molar refractivity (Wildman–Crippen MR) is 101 cm³/mol. The van der Waals surface area contributed by atoms with Gasteiger partial charge in [-0.15, -0.1) is 0 Å². The minimum absolute atomic E-state index is 0.0736. The lowest BCUT2D eigenvalue weighted by Crippen LogP contribution is -2.37. The Morgan fingerprint density at radius 1 is 1.15 bits per heavy atom. The number of benzene rings is 2. The quantitative estimate of drug-likeness (QED) is 0.616. The fourth-order valence-electron chi connectivity index (χ4n) is 2.77. The van der Waals surface area contributed by atoms with Gasteiger partial charge in [-0.1, -0.05) is 35.9 Å². The van der Waals surface area contributed by atoms with Gasteiger partial charge in [0.05, 0.1) is 6.10 Å². The van der Waals surface area contributed by atoms with E-state index in [2.05, 4.69) is 10.6 Å². The van der Waals surface area contributed by atoms with Crippen LogP contribution in [0.3, 0.4) is 0 Å². The lowest BCUT2D eigenvalue weighted by atomic mass is 10.1. The Hall–Kier alpha value is -2.83. The summed E-state index contributed by atoms with van der Waals surface area (Å²) in [5, 5.41) is 16.7. The molecule has 2 amide bonds. The molecule has 7 heteroatoms. The summed E-state index contributed by atoms with van der Waals surface area (Å²) in [6, 6.07) is 14.2. The molecule has 26 heavy (non-hydrogen) atoms. The van der Waals surface area contributed by atoms with Gasteiger partial charge >= 0.3 is 11.8 Å². The van der Waals surface area contributed by atoms with Crippen LogP contribution in [0.15, 0.2) is 54.7 Å². The van der Waals surface area contributed by atoms with Crippen LogP contribution in [0.25, 0.3) is 10.9 Å². The Morgan fingerprint density at radius 2 is 1.92 bits per heavy atom. The molecular formula is C19H18ClN3O3. The average molecular weight is 372 g/mol. The maximum atomic E-state index is 12.0. The second-order valence-corrected chi connectivity index (χ2v) is 6.34. The molecule has 134 valence electrons. The van der Waals surface area contributed by atoms with Crippen LogP contribution in [0.1, 0.15) is 11.7 Å². The fourth-order valence-corrected chi connectivity index (χ4v) is 2.96. The molecule has 0 aliphatic heterocycles. The van der Waals surface area contributed by atoms with Gasteiger partial charge in [0.15, 0.2) is 0 Å². The van der Waals surface area contributed by atoms with E-state index in [9.17, 15) is 14.7 Å². The number of aliphatic hydroxyl groups excluding tert-OH is 1. The molecule has 1 atom stereocenters. The summed E-state index contributed by atoms with van der Waals surface area (Å²) in [5.41, 5.74) is 2.09. The number of amides is 2. The molecule has 3 aromatic rings. The van der Waals surface area contributed by atoms with Crippen LogP contribution in [0.5, 0.6) is 0 Å². The monoisotopic (exact) mass is 371 g/mol.